The molecule has 98 valence electrons. The van der Waals surface area contributed by atoms with Crippen molar-refractivity contribution in [2.24, 2.45) is 5.41 Å². The van der Waals surface area contributed by atoms with Crippen molar-refractivity contribution in [3.05, 3.63) is 12.4 Å². The highest BCUT2D eigenvalue weighted by Gasteiger charge is 2.38. The van der Waals surface area contributed by atoms with Gasteiger partial charge in [-0.05, 0) is 37.8 Å². The molecule has 2 aliphatic rings. The van der Waals surface area contributed by atoms with Crippen molar-refractivity contribution in [2.45, 2.75) is 19.3 Å². The summed E-state index contributed by atoms with van der Waals surface area (Å²) in [7, 11) is 1.59. The first-order valence-corrected chi connectivity index (χ1v) is 6.63. The lowest BCUT2D eigenvalue weighted by molar-refractivity contribution is 0.232. The predicted molar refractivity (Wildman–Crippen MR) is 70.0 cm³/mol. The van der Waals surface area contributed by atoms with Crippen molar-refractivity contribution in [1.82, 2.24) is 15.3 Å². The average Bonchev–Trinajstić information content (AvgIpc) is 2.83. The quantitative estimate of drug-likeness (QED) is 0.848. The van der Waals surface area contributed by atoms with Crippen LogP contribution in [0.25, 0.3) is 0 Å². The second-order valence-electron chi connectivity index (χ2n) is 5.35. The van der Waals surface area contributed by atoms with E-state index in [-0.39, 0.29) is 0 Å². The highest BCUT2D eigenvalue weighted by atomic mass is 16.5. The summed E-state index contributed by atoms with van der Waals surface area (Å²) in [6.07, 6.45) is 7.61. The van der Waals surface area contributed by atoms with Crippen LogP contribution in [0.3, 0.4) is 0 Å². The first kappa shape index (κ1) is 11.7. The van der Waals surface area contributed by atoms with Gasteiger partial charge in [0.05, 0.1) is 25.2 Å². The normalized spacial score (nSPS) is 22.4. The van der Waals surface area contributed by atoms with Gasteiger partial charge in [0.2, 0.25) is 0 Å². The van der Waals surface area contributed by atoms with Gasteiger partial charge in [0.1, 0.15) is 0 Å². The third kappa shape index (κ3) is 2.14. The molecule has 0 atom stereocenters. The van der Waals surface area contributed by atoms with Crippen LogP contribution in [0, 0.1) is 5.41 Å². The van der Waals surface area contributed by atoms with Gasteiger partial charge in [-0.15, -0.1) is 0 Å². The van der Waals surface area contributed by atoms with Crippen LogP contribution in [-0.2, 0) is 0 Å². The number of hydrogen-bond acceptors (Lipinski definition) is 5. The molecule has 0 unspecified atom stereocenters. The molecule has 2 saturated heterocycles. The van der Waals surface area contributed by atoms with Crippen molar-refractivity contribution in [2.75, 3.05) is 38.2 Å². The molecular weight excluding hydrogens is 228 g/mol. The molecule has 0 amide bonds. The van der Waals surface area contributed by atoms with Crippen molar-refractivity contribution < 1.29 is 4.74 Å². The van der Waals surface area contributed by atoms with Crippen molar-refractivity contribution in [1.29, 1.82) is 0 Å². The zero-order valence-corrected chi connectivity index (χ0v) is 10.9. The number of ether oxygens (including phenoxy) is 1. The molecule has 1 aromatic heterocycles. The number of hydrogen-bond donors (Lipinski definition) is 1. The zero-order valence-electron chi connectivity index (χ0n) is 10.9. The van der Waals surface area contributed by atoms with Crippen LogP contribution in [-0.4, -0.2) is 43.3 Å². The Labute approximate surface area is 108 Å². The van der Waals surface area contributed by atoms with E-state index in [2.05, 4.69) is 20.2 Å². The van der Waals surface area contributed by atoms with Crippen molar-refractivity contribution >= 4 is 5.69 Å². The first-order chi connectivity index (χ1) is 8.81. The molecule has 1 spiro atoms. The highest BCUT2D eigenvalue weighted by molar-refractivity contribution is 5.44. The van der Waals surface area contributed by atoms with E-state index < -0.39 is 0 Å². The molecule has 18 heavy (non-hydrogen) atoms. The lowest BCUT2D eigenvalue weighted by Gasteiger charge is -2.33. The van der Waals surface area contributed by atoms with Gasteiger partial charge in [-0.2, -0.15) is 0 Å². The summed E-state index contributed by atoms with van der Waals surface area (Å²) < 4.78 is 4.99. The van der Waals surface area contributed by atoms with Crippen LogP contribution in [0.5, 0.6) is 6.01 Å². The standard InChI is InChI=1S/C13H20N4O/c1-18-12-15-8-11(9-16-12)17-7-4-13(10-17)2-5-14-6-3-13/h8-9,14H,2-7,10H2,1H3. The molecule has 1 aromatic rings. The lowest BCUT2D eigenvalue weighted by atomic mass is 9.78. The maximum absolute atomic E-state index is 4.99. The summed E-state index contributed by atoms with van der Waals surface area (Å²) >= 11 is 0. The fourth-order valence-corrected chi connectivity index (χ4v) is 3.10. The molecule has 5 heteroatoms. The maximum atomic E-state index is 4.99. The molecule has 2 fully saturated rings. The molecule has 1 N–H and O–H groups in total. The van der Waals surface area contributed by atoms with Crippen molar-refractivity contribution in [3.8, 4) is 6.01 Å². The van der Waals surface area contributed by atoms with Gasteiger partial charge in [-0.1, -0.05) is 0 Å². The lowest BCUT2D eigenvalue weighted by Crippen LogP contribution is -2.38. The van der Waals surface area contributed by atoms with Gasteiger partial charge in [-0.25, -0.2) is 9.97 Å². The average molecular weight is 248 g/mol. The topological polar surface area (TPSA) is 50.3 Å². The van der Waals surface area contributed by atoms with E-state index in [4.69, 9.17) is 4.74 Å². The summed E-state index contributed by atoms with van der Waals surface area (Å²) in [6, 6.07) is 0.439. The maximum Gasteiger partial charge on any atom is 0.316 e. The van der Waals surface area contributed by atoms with Crippen LogP contribution < -0.4 is 15.0 Å². The molecule has 3 heterocycles. The van der Waals surface area contributed by atoms with E-state index in [1.807, 2.05) is 12.4 Å². The number of anilines is 1. The second-order valence-corrected chi connectivity index (χ2v) is 5.35. The first-order valence-electron chi connectivity index (χ1n) is 6.63. The molecule has 2 aliphatic heterocycles. The monoisotopic (exact) mass is 248 g/mol. The fourth-order valence-electron chi connectivity index (χ4n) is 3.10. The Morgan fingerprint density at radius 1 is 1.22 bits per heavy atom. The summed E-state index contributed by atoms with van der Waals surface area (Å²) in [5.74, 6) is 0. The fraction of sp³-hybridized carbons (Fsp3) is 0.692. The number of nitrogens with one attached hydrogen (secondary N) is 1. The van der Waals surface area contributed by atoms with E-state index in [9.17, 15) is 0 Å². The molecule has 0 aromatic carbocycles. The summed E-state index contributed by atoms with van der Waals surface area (Å²) in [5.41, 5.74) is 1.64. The van der Waals surface area contributed by atoms with Gasteiger partial charge in [0.25, 0.3) is 0 Å². The SMILES string of the molecule is COc1ncc(N2CCC3(CCNCC3)C2)cn1. The highest BCUT2D eigenvalue weighted by Crippen LogP contribution is 2.40. The molecule has 0 saturated carbocycles. The van der Waals surface area contributed by atoms with Crippen LogP contribution in [0.15, 0.2) is 12.4 Å². The summed E-state index contributed by atoms with van der Waals surface area (Å²) in [5, 5.41) is 3.45. The molecule has 0 radical (unpaired) electrons. The molecular formula is C13H20N4O. The van der Waals surface area contributed by atoms with Crippen LogP contribution in [0.4, 0.5) is 5.69 Å². The largest absolute Gasteiger partial charge is 0.467 e. The minimum Gasteiger partial charge on any atom is -0.467 e. The van der Waals surface area contributed by atoms with Gasteiger partial charge >= 0.3 is 6.01 Å². The Morgan fingerprint density at radius 2 is 1.94 bits per heavy atom. The van der Waals surface area contributed by atoms with Gasteiger partial charge in [0.15, 0.2) is 0 Å². The Morgan fingerprint density at radius 3 is 2.61 bits per heavy atom. The molecule has 5 nitrogen and oxygen atoms in total. The zero-order chi connectivity index (χ0) is 12.4. The minimum atomic E-state index is 0.439. The summed E-state index contributed by atoms with van der Waals surface area (Å²) in [6.45, 7) is 4.58. The number of aromatic nitrogens is 2. The Hall–Kier alpha value is -1.36. The smallest absolute Gasteiger partial charge is 0.316 e. The number of nitrogens with zero attached hydrogens (tertiary/aromatic N) is 3. The number of rotatable bonds is 2. The van der Waals surface area contributed by atoms with Gasteiger partial charge in [-0.3, -0.25) is 0 Å². The summed E-state index contributed by atoms with van der Waals surface area (Å²) in [4.78, 5) is 10.8. The van der Waals surface area contributed by atoms with E-state index in [1.165, 1.54) is 19.3 Å². The van der Waals surface area contributed by atoms with Crippen LogP contribution in [0.1, 0.15) is 19.3 Å². The van der Waals surface area contributed by atoms with E-state index >= 15 is 0 Å². The van der Waals surface area contributed by atoms with Crippen molar-refractivity contribution in [3.63, 3.8) is 0 Å². The Bertz CT molecular complexity index is 400. The van der Waals surface area contributed by atoms with Crippen LogP contribution >= 0.6 is 0 Å². The van der Waals surface area contributed by atoms with Gasteiger partial charge < -0.3 is 15.0 Å². The molecule has 0 bridgehead atoms. The second kappa shape index (κ2) is 4.72. The predicted octanol–water partition coefficient (Wildman–Crippen LogP) is 1.07. The van der Waals surface area contributed by atoms with Gasteiger partial charge in [0, 0.05) is 13.1 Å². The van der Waals surface area contributed by atoms with E-state index in [0.717, 1.165) is 31.9 Å². The number of piperidine rings is 1. The Balaban J connectivity index is 1.70. The molecule has 0 aliphatic carbocycles. The molecule has 3 rings (SSSR count). The third-order valence-electron chi connectivity index (χ3n) is 4.26. The van der Waals surface area contributed by atoms with E-state index in [1.54, 1.807) is 7.11 Å². The number of methoxy groups -OCH3 is 1. The van der Waals surface area contributed by atoms with E-state index in [0.29, 0.717) is 11.4 Å². The Kier molecular flexibility index (Phi) is 3.07. The van der Waals surface area contributed by atoms with Crippen LogP contribution in [0.2, 0.25) is 0 Å². The third-order valence-corrected chi connectivity index (χ3v) is 4.26. The minimum absolute atomic E-state index is 0.439.